The molecular formula is C19H27ClF6N2. The van der Waals surface area contributed by atoms with Crippen LogP contribution in [0.2, 0.25) is 0 Å². The van der Waals surface area contributed by atoms with Crippen molar-refractivity contribution in [2.24, 2.45) is 0 Å². The summed E-state index contributed by atoms with van der Waals surface area (Å²) >= 11 is 0. The van der Waals surface area contributed by atoms with Gasteiger partial charge in [0.1, 0.15) is 6.54 Å². The van der Waals surface area contributed by atoms with E-state index < -0.39 is 41.0 Å². The first-order chi connectivity index (χ1) is 12.7. The zero-order valence-corrected chi connectivity index (χ0v) is 17.1. The Morgan fingerprint density at radius 1 is 1.07 bits per heavy atom. The molecule has 162 valence electrons. The van der Waals surface area contributed by atoms with Crippen molar-refractivity contribution >= 4 is 0 Å². The average molecular weight is 433 g/mol. The summed E-state index contributed by atoms with van der Waals surface area (Å²) in [6.45, 7) is 7.49. The number of alkyl halides is 1. The quantitative estimate of drug-likeness (QED) is 0.352. The van der Waals surface area contributed by atoms with Gasteiger partial charge in [-0.1, -0.05) is 38.3 Å². The fourth-order valence-corrected chi connectivity index (χ4v) is 2.48. The van der Waals surface area contributed by atoms with E-state index in [0.717, 1.165) is 6.54 Å². The van der Waals surface area contributed by atoms with Gasteiger partial charge < -0.3 is 17.3 Å². The lowest BCUT2D eigenvalue weighted by atomic mass is 10.2. The van der Waals surface area contributed by atoms with Crippen LogP contribution in [0.5, 0.6) is 0 Å². The van der Waals surface area contributed by atoms with Crippen LogP contribution in [0.3, 0.4) is 0 Å². The van der Waals surface area contributed by atoms with Gasteiger partial charge in [0.25, 0.3) is 5.83 Å². The number of unbranched alkanes of at least 4 members (excludes halogenated alkanes) is 2. The maximum Gasteiger partial charge on any atom is 0.365 e. The van der Waals surface area contributed by atoms with Crippen molar-refractivity contribution in [1.29, 1.82) is 0 Å². The molecule has 0 fully saturated rings. The van der Waals surface area contributed by atoms with Crippen LogP contribution in [0.25, 0.3) is 0 Å². The number of halogens is 7. The third-order valence-electron chi connectivity index (χ3n) is 4.31. The van der Waals surface area contributed by atoms with Gasteiger partial charge in [-0.05, 0) is 30.3 Å². The first kappa shape index (κ1) is 26.6. The molecule has 2 nitrogen and oxygen atoms in total. The SMILES string of the molecule is CCCCN1C=CC(C)=CC1.CCCC[N+]1(F)C(F)=C(F)C(F)=C(F)C1F.[Cl-]. The molecule has 0 aromatic rings. The third-order valence-corrected chi connectivity index (χ3v) is 4.31. The summed E-state index contributed by atoms with van der Waals surface area (Å²) in [7, 11) is 0. The van der Waals surface area contributed by atoms with E-state index in [2.05, 4.69) is 37.1 Å². The molecule has 2 rings (SSSR count). The number of quaternary nitrogens is 1. The van der Waals surface area contributed by atoms with Crippen molar-refractivity contribution in [3.8, 4) is 0 Å². The van der Waals surface area contributed by atoms with Crippen molar-refractivity contribution in [2.75, 3.05) is 19.6 Å². The van der Waals surface area contributed by atoms with E-state index in [1.165, 1.54) is 25.0 Å². The summed E-state index contributed by atoms with van der Waals surface area (Å²) in [5.41, 5.74) is 1.39. The van der Waals surface area contributed by atoms with Gasteiger partial charge in [0.2, 0.25) is 11.7 Å². The van der Waals surface area contributed by atoms with E-state index >= 15 is 0 Å². The van der Waals surface area contributed by atoms with Crippen molar-refractivity contribution in [1.82, 2.24) is 4.90 Å². The van der Waals surface area contributed by atoms with Gasteiger partial charge >= 0.3 is 12.2 Å². The predicted octanol–water partition coefficient (Wildman–Crippen LogP) is 3.62. The highest BCUT2D eigenvalue weighted by Crippen LogP contribution is 2.42. The Balaban J connectivity index is 0.000000535. The standard InChI is InChI=1S/C10H17N.C9H10F6N.ClH/c1-3-4-7-11-8-5-10(2)6-9-11;1-2-3-4-16(15)8(13)6(11)5(10)7(12)9(16)14;/h5-6,8H,3-4,7,9H2,1-2H3;8H,2-4H2,1H3;1H/q;+1;/p-1. The molecule has 2 aliphatic heterocycles. The molecule has 2 aliphatic rings. The summed E-state index contributed by atoms with van der Waals surface area (Å²) in [5.74, 6) is -9.14. The Kier molecular flexibility index (Phi) is 11.6. The molecule has 0 bridgehead atoms. The molecule has 0 spiro atoms. The van der Waals surface area contributed by atoms with Crippen LogP contribution < -0.4 is 12.4 Å². The van der Waals surface area contributed by atoms with E-state index in [0.29, 0.717) is 6.42 Å². The van der Waals surface area contributed by atoms with Crippen LogP contribution in [0, 0.1) is 0 Å². The summed E-state index contributed by atoms with van der Waals surface area (Å²) in [6, 6.07) is 0. The molecular weight excluding hydrogens is 406 g/mol. The fraction of sp³-hybridized carbons (Fsp3) is 0.579. The highest BCUT2D eigenvalue weighted by atomic mass is 35.5. The zero-order valence-electron chi connectivity index (χ0n) is 16.3. The van der Waals surface area contributed by atoms with E-state index in [-0.39, 0.29) is 18.8 Å². The molecule has 0 saturated heterocycles. The molecule has 0 aromatic heterocycles. The molecule has 0 amide bonds. The molecule has 9 heteroatoms. The molecule has 28 heavy (non-hydrogen) atoms. The van der Waals surface area contributed by atoms with Crippen LogP contribution in [0.15, 0.2) is 47.4 Å². The number of allylic oxidation sites excluding steroid dienone is 4. The van der Waals surface area contributed by atoms with Gasteiger partial charge in [-0.2, -0.15) is 13.2 Å². The minimum atomic E-state index is -3.19. The van der Waals surface area contributed by atoms with Crippen LogP contribution in [-0.4, -0.2) is 35.5 Å². The fourth-order valence-electron chi connectivity index (χ4n) is 2.48. The maximum atomic E-state index is 13.7. The Morgan fingerprint density at radius 3 is 2.18 bits per heavy atom. The van der Waals surface area contributed by atoms with E-state index in [9.17, 15) is 26.4 Å². The predicted molar refractivity (Wildman–Crippen MR) is 93.9 cm³/mol. The largest absolute Gasteiger partial charge is 1.00 e. The van der Waals surface area contributed by atoms with E-state index in [1.54, 1.807) is 6.92 Å². The Hall–Kier alpha value is -1.41. The first-order valence-corrected chi connectivity index (χ1v) is 9.10. The van der Waals surface area contributed by atoms with Gasteiger partial charge in [-0.3, -0.25) is 0 Å². The number of hydrogen-bond acceptors (Lipinski definition) is 1. The van der Waals surface area contributed by atoms with Gasteiger partial charge in [0, 0.05) is 24.0 Å². The van der Waals surface area contributed by atoms with Crippen LogP contribution in [-0.2, 0) is 0 Å². The second-order valence-corrected chi connectivity index (χ2v) is 6.56. The zero-order chi connectivity index (χ0) is 20.6. The molecule has 0 aliphatic carbocycles. The molecule has 2 atom stereocenters. The molecule has 2 unspecified atom stereocenters. The molecule has 0 radical (unpaired) electrons. The summed E-state index contributed by atoms with van der Waals surface area (Å²) < 4.78 is 75.1. The lowest BCUT2D eigenvalue weighted by Crippen LogP contribution is -3.00. The minimum absolute atomic E-state index is 0. The van der Waals surface area contributed by atoms with E-state index in [1.807, 2.05) is 0 Å². The van der Waals surface area contributed by atoms with Gasteiger partial charge in [0.15, 0.2) is 0 Å². The number of rotatable bonds is 6. The topological polar surface area (TPSA) is 3.24 Å². The average Bonchev–Trinajstić information content (AvgIpc) is 2.68. The third kappa shape index (κ3) is 6.58. The van der Waals surface area contributed by atoms with Crippen LogP contribution in [0.4, 0.5) is 26.4 Å². The lowest BCUT2D eigenvalue weighted by molar-refractivity contribution is -1.06. The molecule has 0 aromatic carbocycles. The maximum absolute atomic E-state index is 13.7. The summed E-state index contributed by atoms with van der Waals surface area (Å²) in [4.78, 5) is 2.36. The van der Waals surface area contributed by atoms with Gasteiger partial charge in [-0.25, -0.2) is 4.39 Å². The van der Waals surface area contributed by atoms with Crippen LogP contribution in [0.1, 0.15) is 46.5 Å². The van der Waals surface area contributed by atoms with Crippen molar-refractivity contribution in [3.05, 3.63) is 47.4 Å². The monoisotopic (exact) mass is 432 g/mol. The highest BCUT2D eigenvalue weighted by molar-refractivity contribution is 5.26. The molecule has 2 heterocycles. The van der Waals surface area contributed by atoms with Gasteiger partial charge in [-0.15, -0.1) is 4.39 Å². The van der Waals surface area contributed by atoms with E-state index in [4.69, 9.17) is 0 Å². The van der Waals surface area contributed by atoms with Crippen LogP contribution >= 0.6 is 0 Å². The van der Waals surface area contributed by atoms with Crippen molar-refractivity contribution < 1.29 is 43.5 Å². The smallest absolute Gasteiger partial charge is 0.365 e. The number of nitrogens with zero attached hydrogens (tertiary/aromatic N) is 2. The minimum Gasteiger partial charge on any atom is -1.00 e. The second-order valence-electron chi connectivity index (χ2n) is 6.56. The molecule has 0 saturated carbocycles. The summed E-state index contributed by atoms with van der Waals surface area (Å²) in [6.07, 6.45) is 6.43. The Bertz CT molecular complexity index is 632. The number of hydrogen-bond donors (Lipinski definition) is 0. The van der Waals surface area contributed by atoms with Crippen molar-refractivity contribution in [3.63, 3.8) is 0 Å². The molecule has 0 N–H and O–H groups in total. The highest BCUT2D eigenvalue weighted by Gasteiger charge is 2.55. The second kappa shape index (κ2) is 12.2. The summed E-state index contributed by atoms with van der Waals surface area (Å²) in [5, 5.41) is 0. The Morgan fingerprint density at radius 2 is 1.68 bits per heavy atom. The van der Waals surface area contributed by atoms with Gasteiger partial charge in [0.05, 0.1) is 0 Å². The first-order valence-electron chi connectivity index (χ1n) is 9.10. The lowest BCUT2D eigenvalue weighted by Gasteiger charge is -2.28. The normalized spacial score (nSPS) is 24.5. The van der Waals surface area contributed by atoms with Crippen molar-refractivity contribution in [2.45, 2.75) is 52.8 Å². The Labute approximate surface area is 168 Å².